The number of benzene rings is 3. The van der Waals surface area contributed by atoms with Gasteiger partial charge in [0.05, 0.1) is 59.3 Å². The van der Waals surface area contributed by atoms with Crippen molar-refractivity contribution in [3.8, 4) is 11.5 Å². The molecule has 1 saturated heterocycles. The molecule has 0 radical (unpaired) electrons. The average molecular weight is 674 g/mol. The molecule has 1 heterocycles. The molecule has 4 rings (SSSR count). The lowest BCUT2D eigenvalue weighted by molar-refractivity contribution is -0.136. The molecular formula is C37H47N5O7. The van der Waals surface area contributed by atoms with Crippen LogP contribution in [0, 0.1) is 6.92 Å². The molecule has 12 nitrogen and oxygen atoms in total. The highest BCUT2D eigenvalue weighted by Gasteiger charge is 2.23. The van der Waals surface area contributed by atoms with E-state index in [-0.39, 0.29) is 30.8 Å². The summed E-state index contributed by atoms with van der Waals surface area (Å²) in [6.45, 7) is 9.51. The second-order valence-corrected chi connectivity index (χ2v) is 11.7. The molecule has 0 aromatic heterocycles. The third-order valence-corrected chi connectivity index (χ3v) is 8.30. The van der Waals surface area contributed by atoms with Gasteiger partial charge in [0.2, 0.25) is 11.8 Å². The van der Waals surface area contributed by atoms with Gasteiger partial charge < -0.3 is 39.8 Å². The molecule has 3 aromatic carbocycles. The Labute approximate surface area is 288 Å². The third-order valence-electron chi connectivity index (χ3n) is 8.30. The van der Waals surface area contributed by atoms with Crippen molar-refractivity contribution in [1.29, 1.82) is 0 Å². The van der Waals surface area contributed by atoms with Crippen LogP contribution in [0.5, 0.6) is 11.5 Å². The summed E-state index contributed by atoms with van der Waals surface area (Å²) >= 11 is 0. The summed E-state index contributed by atoms with van der Waals surface area (Å²) in [6, 6.07) is 19.2. The molecule has 12 heteroatoms. The van der Waals surface area contributed by atoms with Gasteiger partial charge in [-0.15, -0.1) is 0 Å². The minimum atomic E-state index is -0.487. The van der Waals surface area contributed by atoms with Gasteiger partial charge in [-0.2, -0.15) is 0 Å². The second-order valence-electron chi connectivity index (χ2n) is 11.7. The zero-order valence-corrected chi connectivity index (χ0v) is 28.8. The first-order valence-corrected chi connectivity index (χ1v) is 16.2. The lowest BCUT2D eigenvalue weighted by Crippen LogP contribution is -2.47. The maximum atomic E-state index is 13.7. The van der Waals surface area contributed by atoms with E-state index in [0.717, 1.165) is 35.5 Å². The van der Waals surface area contributed by atoms with E-state index in [9.17, 15) is 14.4 Å². The number of urea groups is 1. The summed E-state index contributed by atoms with van der Waals surface area (Å²) in [4.78, 5) is 43.6. The summed E-state index contributed by atoms with van der Waals surface area (Å²) in [5.41, 5.74) is 3.80. The molecule has 0 bridgehead atoms. The Bertz CT molecular complexity index is 1570. The molecule has 1 atom stereocenters. The molecule has 1 aliphatic rings. The van der Waals surface area contributed by atoms with E-state index in [1.54, 1.807) is 55.5 Å². The number of nitrogens with zero attached hydrogens (tertiary/aromatic N) is 2. The van der Waals surface area contributed by atoms with Gasteiger partial charge >= 0.3 is 6.03 Å². The van der Waals surface area contributed by atoms with Crippen molar-refractivity contribution in [2.24, 2.45) is 0 Å². The number of methoxy groups -OCH3 is 3. The molecule has 0 spiro atoms. The Morgan fingerprint density at radius 1 is 0.939 bits per heavy atom. The van der Waals surface area contributed by atoms with Crippen molar-refractivity contribution < 1.29 is 33.3 Å². The fraction of sp³-hybridized carbons (Fsp3) is 0.378. The van der Waals surface area contributed by atoms with E-state index in [1.165, 1.54) is 7.11 Å². The first-order valence-electron chi connectivity index (χ1n) is 16.2. The number of hydrogen-bond acceptors (Lipinski definition) is 8. The molecular weight excluding hydrogens is 626 g/mol. The summed E-state index contributed by atoms with van der Waals surface area (Å²) < 4.78 is 21.7. The zero-order chi connectivity index (χ0) is 35.2. The number of hydrogen-bond donors (Lipinski definition) is 3. The fourth-order valence-corrected chi connectivity index (χ4v) is 5.42. The van der Waals surface area contributed by atoms with Crippen LogP contribution < -0.4 is 25.4 Å². The molecule has 49 heavy (non-hydrogen) atoms. The van der Waals surface area contributed by atoms with Crippen molar-refractivity contribution in [2.45, 2.75) is 25.8 Å². The van der Waals surface area contributed by atoms with Crippen LogP contribution in [0.25, 0.3) is 0 Å². The number of anilines is 2. The highest BCUT2D eigenvalue weighted by Crippen LogP contribution is 2.32. The van der Waals surface area contributed by atoms with E-state index in [4.69, 9.17) is 18.9 Å². The van der Waals surface area contributed by atoms with E-state index in [0.29, 0.717) is 55.7 Å². The Hall–Kier alpha value is -5.07. The van der Waals surface area contributed by atoms with Crippen LogP contribution in [0.1, 0.15) is 29.2 Å². The van der Waals surface area contributed by atoms with E-state index in [1.807, 2.05) is 37.3 Å². The van der Waals surface area contributed by atoms with E-state index < -0.39 is 6.04 Å². The van der Waals surface area contributed by atoms with Gasteiger partial charge in [0, 0.05) is 44.0 Å². The number of morpholine rings is 1. The highest BCUT2D eigenvalue weighted by molar-refractivity contribution is 6.00. The number of rotatable bonds is 16. The number of carbonyl (C=O) groups is 3. The van der Waals surface area contributed by atoms with Crippen LogP contribution in [0.3, 0.4) is 0 Å². The van der Waals surface area contributed by atoms with Crippen molar-refractivity contribution in [1.82, 2.24) is 15.1 Å². The quantitative estimate of drug-likeness (QED) is 0.186. The smallest absolute Gasteiger partial charge is 0.323 e. The molecule has 0 aliphatic carbocycles. The Balaban J connectivity index is 1.43. The number of carbonyl (C=O) groups excluding carboxylic acids is 3. The Morgan fingerprint density at radius 2 is 1.65 bits per heavy atom. The summed E-state index contributed by atoms with van der Waals surface area (Å²) in [5.74, 6) is 1.07. The maximum Gasteiger partial charge on any atom is 0.323 e. The number of amides is 4. The summed E-state index contributed by atoms with van der Waals surface area (Å²) in [6.07, 6.45) is 0.411. The molecule has 3 aromatic rings. The maximum absolute atomic E-state index is 13.7. The van der Waals surface area contributed by atoms with Crippen molar-refractivity contribution in [2.75, 3.05) is 77.9 Å². The zero-order valence-electron chi connectivity index (χ0n) is 28.8. The van der Waals surface area contributed by atoms with Crippen LogP contribution in [0.4, 0.5) is 16.2 Å². The van der Waals surface area contributed by atoms with Gasteiger partial charge in [0.1, 0.15) is 0 Å². The van der Waals surface area contributed by atoms with Gasteiger partial charge in [-0.05, 0) is 53.9 Å². The first-order chi connectivity index (χ1) is 23.7. The van der Waals surface area contributed by atoms with Crippen LogP contribution >= 0.6 is 0 Å². The predicted molar refractivity (Wildman–Crippen MR) is 189 cm³/mol. The monoisotopic (exact) mass is 673 g/mol. The SMILES string of the molecule is C=C(CC(NC(=O)CN(CCN1CCOCC1)C(=O)Cc1ccc(NC(=O)Nc2ccccc2C)cc1)c1ccc(OC)c(OC)c1)OC. The predicted octanol–water partition coefficient (Wildman–Crippen LogP) is 4.77. The van der Waals surface area contributed by atoms with Gasteiger partial charge in [0.15, 0.2) is 11.5 Å². The van der Waals surface area contributed by atoms with Gasteiger partial charge in [-0.3, -0.25) is 14.5 Å². The minimum absolute atomic E-state index is 0.0890. The standard InChI is InChI=1S/C37H47N5O7/c1-26-8-6-7-9-31(26)40-37(45)38-30-13-10-28(11-14-30)23-36(44)42(17-16-41-18-20-49-21-19-41)25-35(43)39-32(22-27(2)46-3)29-12-15-33(47-4)34(24-29)48-5/h6-15,24,32H,2,16-23,25H2,1,3-5H3,(H,39,43)(H2,38,40,45). The number of nitrogens with one attached hydrogen (secondary N) is 3. The molecule has 262 valence electrons. The van der Waals surface area contributed by atoms with E-state index in [2.05, 4.69) is 27.4 Å². The lowest BCUT2D eigenvalue weighted by Gasteiger charge is -2.30. The van der Waals surface area contributed by atoms with Gasteiger partial charge in [-0.1, -0.05) is 43.0 Å². The first kappa shape index (κ1) is 36.8. The topological polar surface area (TPSA) is 131 Å². The third kappa shape index (κ3) is 11.3. The van der Waals surface area contributed by atoms with E-state index >= 15 is 0 Å². The minimum Gasteiger partial charge on any atom is -0.502 e. The van der Waals surface area contributed by atoms with Crippen LogP contribution in [0.15, 0.2) is 79.1 Å². The number of aryl methyl sites for hydroxylation is 1. The Morgan fingerprint density at radius 3 is 2.33 bits per heavy atom. The van der Waals surface area contributed by atoms with Crippen LogP contribution in [0.2, 0.25) is 0 Å². The highest BCUT2D eigenvalue weighted by atomic mass is 16.5. The fourth-order valence-electron chi connectivity index (χ4n) is 5.42. The van der Waals surface area contributed by atoms with Crippen LogP contribution in [-0.2, 0) is 25.5 Å². The van der Waals surface area contributed by atoms with Crippen molar-refractivity contribution in [3.05, 3.63) is 95.8 Å². The van der Waals surface area contributed by atoms with Crippen molar-refractivity contribution >= 4 is 29.2 Å². The molecule has 1 unspecified atom stereocenters. The lowest BCUT2D eigenvalue weighted by atomic mass is 10.0. The van der Waals surface area contributed by atoms with Gasteiger partial charge in [-0.25, -0.2) is 4.79 Å². The average Bonchev–Trinajstić information content (AvgIpc) is 3.11. The van der Waals surface area contributed by atoms with Crippen LogP contribution in [-0.4, -0.2) is 94.9 Å². The number of para-hydroxylation sites is 1. The largest absolute Gasteiger partial charge is 0.502 e. The second kappa shape index (κ2) is 18.5. The number of ether oxygens (including phenoxy) is 4. The molecule has 1 fully saturated rings. The van der Waals surface area contributed by atoms with Gasteiger partial charge in [0.25, 0.3) is 0 Å². The van der Waals surface area contributed by atoms with Crippen molar-refractivity contribution in [3.63, 3.8) is 0 Å². The summed E-state index contributed by atoms with van der Waals surface area (Å²) in [5, 5.41) is 8.74. The molecule has 3 N–H and O–H groups in total. The molecule has 4 amide bonds. The summed E-state index contributed by atoms with van der Waals surface area (Å²) in [7, 11) is 4.64. The molecule has 1 aliphatic heterocycles. The normalized spacial score (nSPS) is 13.5. The molecule has 0 saturated carbocycles. The Kier molecular flexibility index (Phi) is 13.9.